The SMILES string of the molecule is C[C@](C#N)(CCc1ccccc1)NC(=O)[C@H]1Cc2ccccc21. The molecular formula is C20H20N2O. The molecule has 23 heavy (non-hydrogen) atoms. The number of amides is 1. The van der Waals surface area contributed by atoms with Crippen molar-refractivity contribution in [2.75, 3.05) is 0 Å². The first kappa shape index (κ1) is 15.3. The number of carbonyl (C=O) groups excluding carboxylic acids is 1. The van der Waals surface area contributed by atoms with Gasteiger partial charge in [0.2, 0.25) is 5.91 Å². The lowest BCUT2D eigenvalue weighted by Gasteiger charge is -2.32. The Morgan fingerprint density at radius 3 is 2.61 bits per heavy atom. The molecule has 0 unspecified atom stereocenters. The number of carbonyl (C=O) groups is 1. The van der Waals surface area contributed by atoms with Crippen molar-refractivity contribution >= 4 is 5.91 Å². The topological polar surface area (TPSA) is 52.9 Å². The lowest BCUT2D eigenvalue weighted by Crippen LogP contribution is -2.48. The van der Waals surface area contributed by atoms with E-state index >= 15 is 0 Å². The molecule has 1 aliphatic carbocycles. The summed E-state index contributed by atoms with van der Waals surface area (Å²) >= 11 is 0. The number of hydrogen-bond donors (Lipinski definition) is 1. The standard InChI is InChI=1S/C20H20N2O/c1-20(14-21,12-11-15-7-3-2-4-8-15)22-19(23)18-13-16-9-5-6-10-17(16)18/h2-10,18H,11-13H2,1H3,(H,22,23)/t18-,20+/m0/s1. The zero-order valence-electron chi connectivity index (χ0n) is 13.3. The lowest BCUT2D eigenvalue weighted by molar-refractivity contribution is -0.124. The third-order valence-electron chi connectivity index (χ3n) is 4.57. The van der Waals surface area contributed by atoms with Gasteiger partial charge in [0.05, 0.1) is 12.0 Å². The molecule has 0 saturated heterocycles. The molecule has 1 N–H and O–H groups in total. The summed E-state index contributed by atoms with van der Waals surface area (Å²) in [5, 5.41) is 12.5. The van der Waals surface area contributed by atoms with Crippen molar-refractivity contribution in [2.45, 2.75) is 37.6 Å². The van der Waals surface area contributed by atoms with Crippen molar-refractivity contribution in [1.29, 1.82) is 5.26 Å². The van der Waals surface area contributed by atoms with Gasteiger partial charge in [0.15, 0.2) is 0 Å². The fourth-order valence-corrected chi connectivity index (χ4v) is 3.04. The van der Waals surface area contributed by atoms with Crippen LogP contribution >= 0.6 is 0 Å². The molecule has 0 aliphatic heterocycles. The Hall–Kier alpha value is -2.60. The predicted molar refractivity (Wildman–Crippen MR) is 89.8 cm³/mol. The van der Waals surface area contributed by atoms with Gasteiger partial charge in [-0.1, -0.05) is 54.6 Å². The van der Waals surface area contributed by atoms with Crippen LogP contribution in [0.25, 0.3) is 0 Å². The van der Waals surface area contributed by atoms with Crippen LogP contribution in [0.1, 0.15) is 36.0 Å². The molecule has 1 amide bonds. The minimum absolute atomic E-state index is 0.0409. The van der Waals surface area contributed by atoms with E-state index in [1.165, 1.54) is 11.1 Å². The van der Waals surface area contributed by atoms with Crippen molar-refractivity contribution in [3.8, 4) is 6.07 Å². The normalized spacial score (nSPS) is 18.0. The minimum Gasteiger partial charge on any atom is -0.338 e. The fraction of sp³-hybridized carbons (Fsp3) is 0.300. The third kappa shape index (κ3) is 3.27. The van der Waals surface area contributed by atoms with Crippen LogP contribution in [0, 0.1) is 11.3 Å². The van der Waals surface area contributed by atoms with Gasteiger partial charge in [0, 0.05) is 0 Å². The highest BCUT2D eigenvalue weighted by molar-refractivity contribution is 5.87. The highest BCUT2D eigenvalue weighted by atomic mass is 16.2. The van der Waals surface area contributed by atoms with E-state index in [4.69, 9.17) is 0 Å². The summed E-state index contributed by atoms with van der Waals surface area (Å²) in [6, 6.07) is 20.3. The van der Waals surface area contributed by atoms with Crippen LogP contribution < -0.4 is 5.32 Å². The first-order chi connectivity index (χ1) is 11.1. The van der Waals surface area contributed by atoms with Crippen molar-refractivity contribution in [1.82, 2.24) is 5.32 Å². The number of nitriles is 1. The predicted octanol–water partition coefficient (Wildman–Crippen LogP) is 3.36. The van der Waals surface area contributed by atoms with E-state index in [-0.39, 0.29) is 11.8 Å². The average Bonchev–Trinajstić information content (AvgIpc) is 2.55. The van der Waals surface area contributed by atoms with Gasteiger partial charge in [-0.3, -0.25) is 4.79 Å². The molecule has 0 heterocycles. The second-order valence-electron chi connectivity index (χ2n) is 6.37. The molecule has 116 valence electrons. The Morgan fingerprint density at radius 1 is 1.22 bits per heavy atom. The van der Waals surface area contributed by atoms with Crippen molar-refractivity contribution in [3.05, 3.63) is 71.3 Å². The summed E-state index contributed by atoms with van der Waals surface area (Å²) in [5.74, 6) is -0.156. The molecule has 2 aromatic rings. The molecule has 1 aliphatic rings. The Morgan fingerprint density at radius 2 is 1.91 bits per heavy atom. The van der Waals surface area contributed by atoms with Crippen LogP contribution in [-0.2, 0) is 17.6 Å². The summed E-state index contributed by atoms with van der Waals surface area (Å²) in [6.45, 7) is 1.80. The number of nitrogens with one attached hydrogen (secondary N) is 1. The Kier molecular flexibility index (Phi) is 4.16. The van der Waals surface area contributed by atoms with Gasteiger partial charge >= 0.3 is 0 Å². The first-order valence-electron chi connectivity index (χ1n) is 7.96. The highest BCUT2D eigenvalue weighted by Crippen LogP contribution is 2.35. The van der Waals surface area contributed by atoms with E-state index < -0.39 is 5.54 Å². The third-order valence-corrected chi connectivity index (χ3v) is 4.57. The summed E-state index contributed by atoms with van der Waals surface area (Å²) in [4.78, 5) is 12.5. The zero-order chi connectivity index (χ0) is 16.3. The van der Waals surface area contributed by atoms with Gasteiger partial charge < -0.3 is 5.32 Å². The van der Waals surface area contributed by atoms with Gasteiger partial charge in [0.25, 0.3) is 0 Å². The smallest absolute Gasteiger partial charge is 0.229 e. The number of benzene rings is 2. The van der Waals surface area contributed by atoms with Gasteiger partial charge in [-0.15, -0.1) is 0 Å². The number of nitrogens with zero attached hydrogens (tertiary/aromatic N) is 1. The molecule has 2 aromatic carbocycles. The number of aryl methyl sites for hydroxylation is 1. The lowest BCUT2D eigenvalue weighted by atomic mass is 9.76. The largest absolute Gasteiger partial charge is 0.338 e. The molecule has 3 rings (SSSR count). The summed E-state index contributed by atoms with van der Waals surface area (Å²) < 4.78 is 0. The summed E-state index contributed by atoms with van der Waals surface area (Å²) in [6.07, 6.45) is 2.14. The Labute approximate surface area is 137 Å². The van der Waals surface area contributed by atoms with Crippen molar-refractivity contribution in [3.63, 3.8) is 0 Å². The van der Waals surface area contributed by atoms with E-state index in [9.17, 15) is 10.1 Å². The highest BCUT2D eigenvalue weighted by Gasteiger charge is 2.35. The van der Waals surface area contributed by atoms with E-state index in [1.54, 1.807) is 6.92 Å². The molecule has 0 spiro atoms. The van der Waals surface area contributed by atoms with Gasteiger partial charge in [-0.25, -0.2) is 0 Å². The number of hydrogen-bond acceptors (Lipinski definition) is 2. The molecule has 3 heteroatoms. The fourth-order valence-electron chi connectivity index (χ4n) is 3.04. The first-order valence-corrected chi connectivity index (χ1v) is 7.96. The molecule has 2 atom stereocenters. The quantitative estimate of drug-likeness (QED) is 0.921. The Bertz CT molecular complexity index is 748. The zero-order valence-corrected chi connectivity index (χ0v) is 13.3. The summed E-state index contributed by atoms with van der Waals surface area (Å²) in [5.41, 5.74) is 2.67. The van der Waals surface area contributed by atoms with Crippen LogP contribution in [0.4, 0.5) is 0 Å². The molecule has 0 fully saturated rings. The number of fused-ring (bicyclic) bond motifs is 1. The molecule has 0 aromatic heterocycles. The summed E-state index contributed by atoms with van der Waals surface area (Å²) in [7, 11) is 0. The van der Waals surface area contributed by atoms with Crippen LogP contribution in [-0.4, -0.2) is 11.4 Å². The second-order valence-corrected chi connectivity index (χ2v) is 6.37. The van der Waals surface area contributed by atoms with Crippen molar-refractivity contribution in [2.24, 2.45) is 0 Å². The van der Waals surface area contributed by atoms with Gasteiger partial charge in [-0.2, -0.15) is 5.26 Å². The monoisotopic (exact) mass is 304 g/mol. The van der Waals surface area contributed by atoms with Crippen LogP contribution in [0.3, 0.4) is 0 Å². The van der Waals surface area contributed by atoms with Crippen LogP contribution in [0.15, 0.2) is 54.6 Å². The molecule has 3 nitrogen and oxygen atoms in total. The maximum absolute atomic E-state index is 12.5. The number of rotatable bonds is 5. The molecule has 0 bridgehead atoms. The Balaban J connectivity index is 1.63. The van der Waals surface area contributed by atoms with Crippen LogP contribution in [0.2, 0.25) is 0 Å². The van der Waals surface area contributed by atoms with E-state index in [2.05, 4.69) is 17.5 Å². The van der Waals surface area contributed by atoms with E-state index in [1.807, 2.05) is 48.5 Å². The van der Waals surface area contributed by atoms with Gasteiger partial charge in [-0.05, 0) is 42.9 Å². The van der Waals surface area contributed by atoms with Crippen LogP contribution in [0.5, 0.6) is 0 Å². The van der Waals surface area contributed by atoms with Crippen molar-refractivity contribution < 1.29 is 4.79 Å². The second kappa shape index (κ2) is 6.26. The van der Waals surface area contributed by atoms with Gasteiger partial charge in [0.1, 0.15) is 5.54 Å². The molecule has 0 saturated carbocycles. The van der Waals surface area contributed by atoms with E-state index in [0.29, 0.717) is 6.42 Å². The minimum atomic E-state index is -0.836. The molecule has 0 radical (unpaired) electrons. The average molecular weight is 304 g/mol. The maximum Gasteiger partial charge on any atom is 0.229 e. The molecular weight excluding hydrogens is 284 g/mol. The maximum atomic E-state index is 12.5. The van der Waals surface area contributed by atoms with E-state index in [0.717, 1.165) is 18.4 Å².